The molecule has 0 aliphatic rings. The van der Waals surface area contributed by atoms with Gasteiger partial charge in [0.2, 0.25) is 0 Å². The fourth-order valence-electron chi connectivity index (χ4n) is 1.81. The highest BCUT2D eigenvalue weighted by atomic mass is 32.2. The molecule has 1 heterocycles. The lowest BCUT2D eigenvalue weighted by molar-refractivity contribution is 0.354. The predicted octanol–water partition coefficient (Wildman–Crippen LogP) is 0.918. The molecule has 3 N–H and O–H groups in total. The molecule has 1 aromatic carbocycles. The van der Waals surface area contributed by atoms with E-state index in [2.05, 4.69) is 10.2 Å². The number of thioether (sulfide) groups is 1. The van der Waals surface area contributed by atoms with E-state index in [1.54, 1.807) is 21.3 Å². The molecule has 8 heteroatoms. The van der Waals surface area contributed by atoms with Crippen LogP contribution in [0, 0.1) is 0 Å². The molecule has 1 atom stereocenters. The Morgan fingerprint density at radius 3 is 2.67 bits per heavy atom. The van der Waals surface area contributed by atoms with Gasteiger partial charge in [-0.2, -0.15) is 0 Å². The van der Waals surface area contributed by atoms with Crippen molar-refractivity contribution in [2.45, 2.75) is 11.2 Å². The maximum Gasteiger partial charge on any atom is 0.343 e. The summed E-state index contributed by atoms with van der Waals surface area (Å²) in [5, 5.41) is 6.93. The van der Waals surface area contributed by atoms with E-state index < -0.39 is 0 Å². The number of rotatable bonds is 6. The van der Waals surface area contributed by atoms with Crippen molar-refractivity contribution in [1.29, 1.82) is 0 Å². The van der Waals surface area contributed by atoms with Crippen molar-refractivity contribution in [2.24, 2.45) is 12.8 Å². The number of methoxy groups -OCH3 is 2. The summed E-state index contributed by atoms with van der Waals surface area (Å²) in [4.78, 5) is 11.3. The third-order valence-corrected chi connectivity index (χ3v) is 4.22. The zero-order chi connectivity index (χ0) is 15.4. The summed E-state index contributed by atoms with van der Waals surface area (Å²) < 4.78 is 11.9. The molecule has 7 nitrogen and oxygen atoms in total. The van der Waals surface area contributed by atoms with Crippen molar-refractivity contribution >= 4 is 11.8 Å². The Morgan fingerprint density at radius 1 is 1.38 bits per heavy atom. The Morgan fingerprint density at radius 2 is 2.10 bits per heavy atom. The van der Waals surface area contributed by atoms with E-state index in [0.717, 1.165) is 5.56 Å². The van der Waals surface area contributed by atoms with Crippen LogP contribution in [0.2, 0.25) is 0 Å². The number of aromatic nitrogens is 3. The molecule has 1 aromatic heterocycles. The Labute approximate surface area is 126 Å². The number of H-pyrrole nitrogens is 1. The Bertz CT molecular complexity index is 668. The molecule has 0 radical (unpaired) electrons. The van der Waals surface area contributed by atoms with Gasteiger partial charge in [0, 0.05) is 18.8 Å². The molecule has 0 fully saturated rings. The summed E-state index contributed by atoms with van der Waals surface area (Å²) in [5.41, 5.74) is 6.86. The number of ether oxygens (including phenoxy) is 2. The molecule has 0 saturated heterocycles. The van der Waals surface area contributed by atoms with Crippen LogP contribution < -0.4 is 20.9 Å². The molecule has 2 aromatic rings. The van der Waals surface area contributed by atoms with Crippen LogP contribution in [-0.2, 0) is 7.05 Å². The van der Waals surface area contributed by atoms with Gasteiger partial charge in [0.15, 0.2) is 16.7 Å². The van der Waals surface area contributed by atoms with Crippen molar-refractivity contribution in [3.63, 3.8) is 0 Å². The van der Waals surface area contributed by atoms with Gasteiger partial charge in [0.1, 0.15) is 0 Å². The lowest BCUT2D eigenvalue weighted by Gasteiger charge is -2.14. The zero-order valence-corrected chi connectivity index (χ0v) is 12.9. The minimum absolute atomic E-state index is 0.207. The fraction of sp³-hybridized carbons (Fsp3) is 0.385. The second-order valence-corrected chi connectivity index (χ2v) is 5.39. The fourth-order valence-corrected chi connectivity index (χ4v) is 2.71. The Kier molecular flexibility index (Phi) is 4.92. The first kappa shape index (κ1) is 15.5. The Balaban J connectivity index is 2.08. The normalized spacial score (nSPS) is 12.2. The largest absolute Gasteiger partial charge is 0.493 e. The smallest absolute Gasteiger partial charge is 0.343 e. The van der Waals surface area contributed by atoms with Crippen LogP contribution in [0.15, 0.2) is 28.2 Å². The van der Waals surface area contributed by atoms with Crippen LogP contribution in [0.25, 0.3) is 0 Å². The van der Waals surface area contributed by atoms with Crippen LogP contribution in [0.3, 0.4) is 0 Å². The van der Waals surface area contributed by atoms with Crippen LogP contribution in [0.4, 0.5) is 0 Å². The van der Waals surface area contributed by atoms with Gasteiger partial charge in [-0.25, -0.2) is 9.89 Å². The standard InChI is InChI=1S/C13H18N4O3S/c1-17-12(18)15-16-13(17)21-7-9(14)8-4-5-10(19-2)11(6-8)20-3/h4-6,9H,7,14H2,1-3H3,(H,15,18). The van der Waals surface area contributed by atoms with Gasteiger partial charge in [-0.15, -0.1) is 5.10 Å². The Hall–Kier alpha value is -1.93. The number of hydrogen-bond acceptors (Lipinski definition) is 6. The number of benzene rings is 1. The minimum atomic E-state index is -0.239. The van der Waals surface area contributed by atoms with Gasteiger partial charge >= 0.3 is 5.69 Å². The number of aromatic amines is 1. The summed E-state index contributed by atoms with van der Waals surface area (Å²) in [6, 6.07) is 5.37. The van der Waals surface area contributed by atoms with Crippen molar-refractivity contribution in [3.05, 3.63) is 34.2 Å². The number of hydrogen-bond donors (Lipinski definition) is 2. The summed E-state index contributed by atoms with van der Waals surface area (Å²) in [7, 11) is 4.84. The topological polar surface area (TPSA) is 95.2 Å². The first-order chi connectivity index (χ1) is 10.1. The third-order valence-electron chi connectivity index (χ3n) is 3.07. The molecule has 114 valence electrons. The second-order valence-electron chi connectivity index (χ2n) is 4.40. The summed E-state index contributed by atoms with van der Waals surface area (Å²) in [5.74, 6) is 1.89. The zero-order valence-electron chi connectivity index (χ0n) is 12.1. The first-order valence-corrected chi connectivity index (χ1v) is 7.27. The second kappa shape index (κ2) is 6.68. The third kappa shape index (κ3) is 3.40. The monoisotopic (exact) mass is 310 g/mol. The predicted molar refractivity (Wildman–Crippen MR) is 81.0 cm³/mol. The van der Waals surface area contributed by atoms with Gasteiger partial charge in [-0.05, 0) is 17.7 Å². The maximum atomic E-state index is 11.3. The highest BCUT2D eigenvalue weighted by Gasteiger charge is 2.13. The summed E-state index contributed by atoms with van der Waals surface area (Å²) >= 11 is 1.42. The first-order valence-electron chi connectivity index (χ1n) is 6.28. The molecule has 1 unspecified atom stereocenters. The number of nitrogens with one attached hydrogen (secondary N) is 1. The molecule has 0 amide bonds. The number of nitrogens with two attached hydrogens (primary N) is 1. The van der Waals surface area contributed by atoms with Crippen LogP contribution in [0.1, 0.15) is 11.6 Å². The molecule has 0 saturated carbocycles. The summed E-state index contributed by atoms with van der Waals surface area (Å²) in [6.07, 6.45) is 0. The minimum Gasteiger partial charge on any atom is -0.493 e. The van der Waals surface area contributed by atoms with Crippen LogP contribution in [-0.4, -0.2) is 34.7 Å². The van der Waals surface area contributed by atoms with Gasteiger partial charge in [-0.3, -0.25) is 4.57 Å². The van der Waals surface area contributed by atoms with Gasteiger partial charge in [0.25, 0.3) is 0 Å². The lowest BCUT2D eigenvalue weighted by atomic mass is 10.1. The van der Waals surface area contributed by atoms with E-state index in [1.165, 1.54) is 16.3 Å². The number of nitrogens with zero attached hydrogens (tertiary/aromatic N) is 2. The molecule has 0 spiro atoms. The van der Waals surface area contributed by atoms with Gasteiger partial charge in [-0.1, -0.05) is 17.8 Å². The maximum absolute atomic E-state index is 11.3. The van der Waals surface area contributed by atoms with Crippen molar-refractivity contribution in [2.75, 3.05) is 20.0 Å². The van der Waals surface area contributed by atoms with E-state index in [-0.39, 0.29) is 11.7 Å². The van der Waals surface area contributed by atoms with Gasteiger partial charge in [0.05, 0.1) is 14.2 Å². The van der Waals surface area contributed by atoms with E-state index in [9.17, 15) is 4.79 Å². The van der Waals surface area contributed by atoms with Crippen molar-refractivity contribution in [1.82, 2.24) is 14.8 Å². The van der Waals surface area contributed by atoms with E-state index in [4.69, 9.17) is 15.2 Å². The SMILES string of the molecule is COc1ccc(C(N)CSc2n[nH]c(=O)n2C)cc1OC. The average Bonchev–Trinajstić information content (AvgIpc) is 2.83. The molecular weight excluding hydrogens is 292 g/mol. The molecule has 0 aliphatic heterocycles. The highest BCUT2D eigenvalue weighted by molar-refractivity contribution is 7.99. The van der Waals surface area contributed by atoms with Gasteiger partial charge < -0.3 is 15.2 Å². The highest BCUT2D eigenvalue weighted by Crippen LogP contribution is 2.30. The van der Waals surface area contributed by atoms with Crippen LogP contribution in [0.5, 0.6) is 11.5 Å². The quantitative estimate of drug-likeness (QED) is 0.770. The average molecular weight is 310 g/mol. The lowest BCUT2D eigenvalue weighted by Crippen LogP contribution is -2.15. The van der Waals surface area contributed by atoms with Crippen LogP contribution >= 0.6 is 11.8 Å². The van der Waals surface area contributed by atoms with Crippen molar-refractivity contribution in [3.8, 4) is 11.5 Å². The molecule has 0 bridgehead atoms. The van der Waals surface area contributed by atoms with E-state index in [1.807, 2.05) is 18.2 Å². The molecule has 0 aliphatic carbocycles. The molecular formula is C13H18N4O3S. The van der Waals surface area contributed by atoms with E-state index in [0.29, 0.717) is 22.4 Å². The summed E-state index contributed by atoms with van der Waals surface area (Å²) in [6.45, 7) is 0. The van der Waals surface area contributed by atoms with E-state index >= 15 is 0 Å². The molecule has 21 heavy (non-hydrogen) atoms. The molecule has 2 rings (SSSR count). The van der Waals surface area contributed by atoms with Crippen molar-refractivity contribution < 1.29 is 9.47 Å².